The van der Waals surface area contributed by atoms with Crippen LogP contribution in [0.4, 0.5) is 0 Å². The quantitative estimate of drug-likeness (QED) is 0.842. The second kappa shape index (κ2) is 7.20. The molecule has 4 nitrogen and oxygen atoms in total. The first-order chi connectivity index (χ1) is 9.74. The van der Waals surface area contributed by atoms with Gasteiger partial charge in [-0.25, -0.2) is 0 Å². The summed E-state index contributed by atoms with van der Waals surface area (Å²) < 4.78 is 2.00. The Bertz CT molecular complexity index is 519. The van der Waals surface area contributed by atoms with Gasteiger partial charge in [-0.3, -0.25) is 9.67 Å². The highest BCUT2D eigenvalue weighted by Crippen LogP contribution is 2.18. The van der Waals surface area contributed by atoms with Crippen LogP contribution in [-0.2, 0) is 19.9 Å². The van der Waals surface area contributed by atoms with Gasteiger partial charge in [0, 0.05) is 25.4 Å². The average molecular weight is 272 g/mol. The molecule has 0 radical (unpaired) electrons. The molecule has 0 amide bonds. The van der Waals surface area contributed by atoms with Crippen molar-refractivity contribution in [3.05, 3.63) is 47.5 Å². The summed E-state index contributed by atoms with van der Waals surface area (Å²) in [6.07, 6.45) is 4.84. The fourth-order valence-corrected chi connectivity index (χ4v) is 2.37. The van der Waals surface area contributed by atoms with Crippen molar-refractivity contribution >= 4 is 0 Å². The van der Waals surface area contributed by atoms with Gasteiger partial charge in [0.15, 0.2) is 0 Å². The van der Waals surface area contributed by atoms with Crippen molar-refractivity contribution in [2.24, 2.45) is 7.05 Å². The van der Waals surface area contributed by atoms with Crippen LogP contribution in [0.15, 0.2) is 30.5 Å². The summed E-state index contributed by atoms with van der Waals surface area (Å²) in [6, 6.07) is 8.55. The van der Waals surface area contributed by atoms with Crippen LogP contribution in [0.1, 0.15) is 43.4 Å². The van der Waals surface area contributed by atoms with Crippen molar-refractivity contribution in [1.82, 2.24) is 20.1 Å². The molecule has 2 rings (SSSR count). The summed E-state index contributed by atoms with van der Waals surface area (Å²) in [5, 5.41) is 8.17. The van der Waals surface area contributed by atoms with Crippen molar-refractivity contribution in [2.45, 2.75) is 39.2 Å². The fourth-order valence-electron chi connectivity index (χ4n) is 2.37. The van der Waals surface area contributed by atoms with E-state index in [1.54, 1.807) is 0 Å². The van der Waals surface area contributed by atoms with Gasteiger partial charge in [0.05, 0.1) is 17.4 Å². The smallest absolute Gasteiger partial charge is 0.0625 e. The number of hydrogen-bond acceptors (Lipinski definition) is 3. The maximum atomic E-state index is 4.56. The minimum Gasteiger partial charge on any atom is -0.308 e. The van der Waals surface area contributed by atoms with Gasteiger partial charge >= 0.3 is 0 Å². The van der Waals surface area contributed by atoms with Gasteiger partial charge in [0.25, 0.3) is 0 Å². The third kappa shape index (κ3) is 3.67. The fraction of sp³-hybridized carbons (Fsp3) is 0.500. The van der Waals surface area contributed by atoms with Gasteiger partial charge < -0.3 is 5.32 Å². The number of pyridine rings is 1. The van der Waals surface area contributed by atoms with Gasteiger partial charge in [0.1, 0.15) is 0 Å². The Balaban J connectivity index is 2.20. The molecule has 0 aliphatic rings. The van der Waals surface area contributed by atoms with E-state index in [0.29, 0.717) is 0 Å². The topological polar surface area (TPSA) is 42.7 Å². The van der Waals surface area contributed by atoms with Crippen molar-refractivity contribution < 1.29 is 0 Å². The van der Waals surface area contributed by atoms with Crippen molar-refractivity contribution in [3.63, 3.8) is 0 Å². The molecular formula is C16H24N4. The molecule has 1 unspecified atom stereocenters. The van der Waals surface area contributed by atoms with E-state index in [-0.39, 0.29) is 6.04 Å². The maximum Gasteiger partial charge on any atom is 0.0625 e. The molecular weight excluding hydrogens is 248 g/mol. The summed E-state index contributed by atoms with van der Waals surface area (Å²) in [5.74, 6) is 0. The van der Waals surface area contributed by atoms with Crippen LogP contribution in [0, 0.1) is 0 Å². The highest BCUT2D eigenvalue weighted by atomic mass is 15.3. The van der Waals surface area contributed by atoms with E-state index < -0.39 is 0 Å². The van der Waals surface area contributed by atoms with E-state index in [1.165, 1.54) is 5.69 Å². The standard InChI is InChI=1S/C16H24N4/c1-4-9-18-15(11-14-8-6-7-10-17-14)16-12-13(5-2)19-20(16)3/h6-8,10,12,15,18H,4-5,9,11H2,1-3H3. The molecule has 0 spiro atoms. The number of aryl methyl sites for hydroxylation is 2. The molecule has 2 heterocycles. The lowest BCUT2D eigenvalue weighted by molar-refractivity contribution is 0.489. The van der Waals surface area contributed by atoms with E-state index >= 15 is 0 Å². The van der Waals surface area contributed by atoms with Crippen LogP contribution >= 0.6 is 0 Å². The summed E-state index contributed by atoms with van der Waals surface area (Å²) in [5.41, 5.74) is 3.49. The molecule has 0 aliphatic heterocycles. The van der Waals surface area contributed by atoms with Crippen LogP contribution in [0.5, 0.6) is 0 Å². The predicted molar refractivity (Wildman–Crippen MR) is 81.6 cm³/mol. The normalized spacial score (nSPS) is 12.6. The highest BCUT2D eigenvalue weighted by Gasteiger charge is 2.17. The van der Waals surface area contributed by atoms with Crippen molar-refractivity contribution in [3.8, 4) is 0 Å². The molecule has 0 aliphatic carbocycles. The van der Waals surface area contributed by atoms with Crippen LogP contribution in [-0.4, -0.2) is 21.3 Å². The third-order valence-corrected chi connectivity index (χ3v) is 3.47. The molecule has 0 bridgehead atoms. The van der Waals surface area contributed by atoms with Gasteiger partial charge in [-0.15, -0.1) is 0 Å². The van der Waals surface area contributed by atoms with Gasteiger partial charge in [0.2, 0.25) is 0 Å². The number of aromatic nitrogens is 3. The summed E-state index contributed by atoms with van der Waals surface area (Å²) in [6.45, 7) is 5.33. The SMILES string of the molecule is CCCNC(Cc1ccccn1)c1cc(CC)nn1C. The van der Waals surface area contributed by atoms with Crippen LogP contribution in [0.25, 0.3) is 0 Å². The average Bonchev–Trinajstić information content (AvgIpc) is 2.86. The van der Waals surface area contributed by atoms with E-state index in [0.717, 1.165) is 37.2 Å². The molecule has 0 saturated heterocycles. The van der Waals surface area contributed by atoms with Crippen molar-refractivity contribution in [1.29, 1.82) is 0 Å². The Kier molecular flexibility index (Phi) is 5.30. The molecule has 1 atom stereocenters. The van der Waals surface area contributed by atoms with E-state index in [1.807, 2.05) is 30.1 Å². The first-order valence-electron chi connectivity index (χ1n) is 7.40. The molecule has 20 heavy (non-hydrogen) atoms. The molecule has 0 aromatic carbocycles. The zero-order chi connectivity index (χ0) is 14.4. The lowest BCUT2D eigenvalue weighted by Gasteiger charge is -2.18. The lowest BCUT2D eigenvalue weighted by Crippen LogP contribution is -2.26. The summed E-state index contributed by atoms with van der Waals surface area (Å²) in [4.78, 5) is 4.44. The molecule has 0 fully saturated rings. The van der Waals surface area contributed by atoms with E-state index in [2.05, 4.69) is 41.4 Å². The minimum atomic E-state index is 0.266. The Morgan fingerprint density at radius 2 is 2.10 bits per heavy atom. The number of nitrogens with one attached hydrogen (secondary N) is 1. The predicted octanol–water partition coefficient (Wildman–Crippen LogP) is 2.66. The van der Waals surface area contributed by atoms with E-state index in [4.69, 9.17) is 0 Å². The Morgan fingerprint density at radius 1 is 1.25 bits per heavy atom. The second-order valence-electron chi connectivity index (χ2n) is 5.07. The molecule has 2 aromatic rings. The first-order valence-corrected chi connectivity index (χ1v) is 7.40. The number of rotatable bonds is 7. The van der Waals surface area contributed by atoms with E-state index in [9.17, 15) is 0 Å². The van der Waals surface area contributed by atoms with Gasteiger partial charge in [-0.05, 0) is 37.6 Å². The summed E-state index contributed by atoms with van der Waals surface area (Å²) >= 11 is 0. The summed E-state index contributed by atoms with van der Waals surface area (Å²) in [7, 11) is 2.02. The first kappa shape index (κ1) is 14.7. The maximum absolute atomic E-state index is 4.56. The highest BCUT2D eigenvalue weighted by molar-refractivity contribution is 5.17. The Morgan fingerprint density at radius 3 is 2.70 bits per heavy atom. The molecule has 4 heteroatoms. The van der Waals surface area contributed by atoms with Gasteiger partial charge in [-0.2, -0.15) is 5.10 Å². The lowest BCUT2D eigenvalue weighted by atomic mass is 10.1. The largest absolute Gasteiger partial charge is 0.308 e. The number of hydrogen-bond donors (Lipinski definition) is 1. The molecule has 0 saturated carbocycles. The molecule has 1 N–H and O–H groups in total. The second-order valence-corrected chi connectivity index (χ2v) is 5.07. The Hall–Kier alpha value is -1.68. The van der Waals surface area contributed by atoms with Gasteiger partial charge in [-0.1, -0.05) is 19.9 Å². The molecule has 2 aromatic heterocycles. The monoisotopic (exact) mass is 272 g/mol. The van der Waals surface area contributed by atoms with Crippen LogP contribution in [0.3, 0.4) is 0 Å². The Labute approximate surface area is 121 Å². The number of nitrogens with zero attached hydrogens (tertiary/aromatic N) is 3. The zero-order valence-electron chi connectivity index (χ0n) is 12.6. The van der Waals surface area contributed by atoms with Crippen molar-refractivity contribution in [2.75, 3.05) is 6.54 Å². The minimum absolute atomic E-state index is 0.266. The molecule has 108 valence electrons. The van der Waals surface area contributed by atoms with Crippen LogP contribution < -0.4 is 5.32 Å². The van der Waals surface area contributed by atoms with Crippen LogP contribution in [0.2, 0.25) is 0 Å². The third-order valence-electron chi connectivity index (χ3n) is 3.47. The zero-order valence-corrected chi connectivity index (χ0v) is 12.6.